The first-order chi connectivity index (χ1) is 9.85. The van der Waals surface area contributed by atoms with Crippen LogP contribution in [0, 0.1) is 0 Å². The van der Waals surface area contributed by atoms with Crippen LogP contribution < -0.4 is 25.0 Å². The van der Waals surface area contributed by atoms with E-state index in [0.29, 0.717) is 23.3 Å². The number of aromatic nitrogens is 3. The third kappa shape index (κ3) is 4.29. The minimum atomic E-state index is -4.73. The van der Waals surface area contributed by atoms with Gasteiger partial charge in [-0.1, -0.05) is 23.8 Å². The average molecular weight is 336 g/mol. The molecule has 1 aliphatic heterocycles. The molecule has 2 rings (SSSR count). The standard InChI is InChI=1S/C10H18N6O4S.H2O/c1-3-5-12-9-14-10(15-6-7(15)4-2)13-8(11)16(9)20-21(17,18)19;/h7H,3-6H2,1-2H3,(H3,11,12,13,14,17,18,19);1H2. The summed E-state index contributed by atoms with van der Waals surface area (Å²) < 4.78 is 35.6. The molecular formula is C10H20N6O5S. The van der Waals surface area contributed by atoms with Crippen LogP contribution >= 0.6 is 0 Å². The molecule has 2 heterocycles. The lowest BCUT2D eigenvalue weighted by Gasteiger charge is -2.08. The molecule has 11 nitrogen and oxygen atoms in total. The SMILES string of the molecule is CCCNc1nc(N2CC2CC)nc(N)[n+]1OS(=O)(=O)O.[OH-]. The number of nitrogens with zero attached hydrogens (tertiary/aromatic N) is 4. The highest BCUT2D eigenvalue weighted by Gasteiger charge is 2.38. The van der Waals surface area contributed by atoms with E-state index in [1.807, 2.05) is 11.8 Å². The van der Waals surface area contributed by atoms with E-state index >= 15 is 0 Å². The van der Waals surface area contributed by atoms with Gasteiger partial charge < -0.3 is 21.4 Å². The maximum Gasteiger partial charge on any atom is 0.472 e. The van der Waals surface area contributed by atoms with E-state index in [1.54, 1.807) is 0 Å². The van der Waals surface area contributed by atoms with Gasteiger partial charge in [-0.25, -0.2) is 4.28 Å². The Labute approximate surface area is 128 Å². The summed E-state index contributed by atoms with van der Waals surface area (Å²) in [7, 11) is -4.73. The van der Waals surface area contributed by atoms with Crippen LogP contribution in [0.1, 0.15) is 26.7 Å². The quantitative estimate of drug-likeness (QED) is 0.313. The highest BCUT2D eigenvalue weighted by Crippen LogP contribution is 2.26. The molecule has 1 saturated heterocycles. The van der Waals surface area contributed by atoms with Crippen molar-refractivity contribution in [3.63, 3.8) is 0 Å². The van der Waals surface area contributed by atoms with Crippen molar-refractivity contribution in [1.29, 1.82) is 0 Å². The van der Waals surface area contributed by atoms with Gasteiger partial charge in [-0.15, -0.1) is 0 Å². The van der Waals surface area contributed by atoms with Crippen LogP contribution in [-0.4, -0.2) is 47.5 Å². The Bertz CT molecular complexity index is 624. The molecule has 1 aliphatic rings. The van der Waals surface area contributed by atoms with E-state index in [-0.39, 0.29) is 17.4 Å². The molecule has 0 amide bonds. The lowest BCUT2D eigenvalue weighted by atomic mass is 10.4. The predicted molar refractivity (Wildman–Crippen MR) is 76.9 cm³/mol. The topological polar surface area (TPSA) is 164 Å². The summed E-state index contributed by atoms with van der Waals surface area (Å²) in [4.78, 5) is 10.1. The number of nitrogen functional groups attached to an aromatic ring is 1. The molecule has 5 N–H and O–H groups in total. The number of nitrogens with one attached hydrogen (secondary N) is 1. The minimum absolute atomic E-state index is 0. The van der Waals surface area contributed by atoms with Crippen LogP contribution in [0.3, 0.4) is 0 Å². The van der Waals surface area contributed by atoms with Crippen molar-refractivity contribution in [2.75, 3.05) is 29.0 Å². The Balaban J connectivity index is 0.00000242. The average Bonchev–Trinajstić information content (AvgIpc) is 3.17. The molecule has 0 aromatic carbocycles. The molecule has 0 saturated carbocycles. The zero-order chi connectivity index (χ0) is 15.6. The molecule has 0 bridgehead atoms. The van der Waals surface area contributed by atoms with Crippen molar-refractivity contribution in [3.8, 4) is 0 Å². The summed E-state index contributed by atoms with van der Waals surface area (Å²) in [6, 6.07) is 0.363. The fourth-order valence-corrected chi connectivity index (χ4v) is 2.18. The van der Waals surface area contributed by atoms with Crippen molar-refractivity contribution in [2.45, 2.75) is 32.7 Å². The van der Waals surface area contributed by atoms with E-state index in [1.165, 1.54) is 0 Å². The molecule has 126 valence electrons. The molecule has 22 heavy (non-hydrogen) atoms. The molecule has 0 radical (unpaired) electrons. The number of nitrogens with two attached hydrogens (primary N) is 1. The molecule has 0 spiro atoms. The van der Waals surface area contributed by atoms with E-state index in [4.69, 9.17) is 10.3 Å². The smallest absolute Gasteiger partial charge is 0.472 e. The summed E-state index contributed by atoms with van der Waals surface area (Å²) >= 11 is 0. The lowest BCUT2D eigenvalue weighted by molar-refractivity contribution is -0.837. The van der Waals surface area contributed by atoms with E-state index in [9.17, 15) is 8.42 Å². The lowest BCUT2D eigenvalue weighted by Crippen LogP contribution is -2.51. The highest BCUT2D eigenvalue weighted by atomic mass is 32.3. The van der Waals surface area contributed by atoms with Gasteiger partial charge >= 0.3 is 28.2 Å². The zero-order valence-electron chi connectivity index (χ0n) is 12.3. The third-order valence-electron chi connectivity index (χ3n) is 2.97. The Hall–Kier alpha value is -1.92. The van der Waals surface area contributed by atoms with E-state index in [2.05, 4.69) is 26.5 Å². The first-order valence-corrected chi connectivity index (χ1v) is 7.99. The molecular weight excluding hydrogens is 316 g/mol. The fraction of sp³-hybridized carbons (Fsp3) is 0.700. The number of hydrogen-bond donors (Lipinski definition) is 3. The zero-order valence-corrected chi connectivity index (χ0v) is 13.1. The monoisotopic (exact) mass is 336 g/mol. The molecule has 1 unspecified atom stereocenters. The Morgan fingerprint density at radius 1 is 1.50 bits per heavy atom. The third-order valence-corrected chi connectivity index (χ3v) is 3.30. The Morgan fingerprint density at radius 2 is 2.18 bits per heavy atom. The number of rotatable bonds is 7. The van der Waals surface area contributed by atoms with Gasteiger partial charge in [0, 0.05) is 13.1 Å². The van der Waals surface area contributed by atoms with Crippen molar-refractivity contribution in [2.24, 2.45) is 0 Å². The molecule has 1 aromatic heterocycles. The summed E-state index contributed by atoms with van der Waals surface area (Å²) in [6.45, 7) is 5.34. The molecule has 1 aromatic rings. The second kappa shape index (κ2) is 6.89. The second-order valence-electron chi connectivity index (χ2n) is 4.64. The number of hydrogen-bond acceptors (Lipinski definition) is 9. The Kier molecular flexibility index (Phi) is 5.68. The summed E-state index contributed by atoms with van der Waals surface area (Å²) in [5.74, 6) is 0.241. The van der Waals surface area contributed by atoms with Gasteiger partial charge in [0.2, 0.25) is 0 Å². The number of anilines is 3. The summed E-state index contributed by atoms with van der Waals surface area (Å²) in [5.41, 5.74) is 5.70. The largest absolute Gasteiger partial charge is 0.870 e. The Morgan fingerprint density at radius 3 is 2.68 bits per heavy atom. The first-order valence-electron chi connectivity index (χ1n) is 6.63. The minimum Gasteiger partial charge on any atom is -0.870 e. The predicted octanol–water partition coefficient (Wildman–Crippen LogP) is -1.18. The van der Waals surface area contributed by atoms with Gasteiger partial charge in [-0.2, -0.15) is 8.42 Å². The van der Waals surface area contributed by atoms with E-state index in [0.717, 1.165) is 19.4 Å². The van der Waals surface area contributed by atoms with Crippen LogP contribution in [0.5, 0.6) is 0 Å². The van der Waals surface area contributed by atoms with Crippen LogP contribution in [0.2, 0.25) is 0 Å². The van der Waals surface area contributed by atoms with Crippen LogP contribution in [0.4, 0.5) is 17.8 Å². The second-order valence-corrected chi connectivity index (χ2v) is 5.65. The maximum absolute atomic E-state index is 10.9. The van der Waals surface area contributed by atoms with Crippen molar-refractivity contribution < 1.29 is 27.5 Å². The van der Waals surface area contributed by atoms with Gasteiger partial charge in [0.05, 0.1) is 6.04 Å². The van der Waals surface area contributed by atoms with Crippen LogP contribution in [0.25, 0.3) is 0 Å². The molecule has 1 fully saturated rings. The fourth-order valence-electron chi connectivity index (χ4n) is 1.84. The van der Waals surface area contributed by atoms with Crippen LogP contribution in [0.15, 0.2) is 0 Å². The van der Waals surface area contributed by atoms with E-state index < -0.39 is 10.4 Å². The summed E-state index contributed by atoms with van der Waals surface area (Å²) in [5, 5.41) is 2.89. The van der Waals surface area contributed by atoms with Gasteiger partial charge in [0.15, 0.2) is 0 Å². The van der Waals surface area contributed by atoms with Gasteiger partial charge in [-0.05, 0) is 17.6 Å². The highest BCUT2D eigenvalue weighted by molar-refractivity contribution is 7.80. The normalized spacial score (nSPS) is 16.9. The first kappa shape index (κ1) is 18.1. The van der Waals surface area contributed by atoms with Gasteiger partial charge in [0.25, 0.3) is 0 Å². The molecule has 12 heteroatoms. The molecule has 0 aliphatic carbocycles. The molecule has 1 atom stereocenters. The van der Waals surface area contributed by atoms with Gasteiger partial charge in [0.1, 0.15) is 0 Å². The summed E-state index contributed by atoms with van der Waals surface area (Å²) in [6.07, 6.45) is 1.74. The van der Waals surface area contributed by atoms with Crippen LogP contribution in [-0.2, 0) is 10.4 Å². The van der Waals surface area contributed by atoms with Crippen molar-refractivity contribution >= 4 is 28.2 Å². The van der Waals surface area contributed by atoms with Crippen molar-refractivity contribution in [3.05, 3.63) is 0 Å². The maximum atomic E-state index is 10.9. The van der Waals surface area contributed by atoms with Gasteiger partial charge in [-0.3, -0.25) is 4.55 Å². The van der Waals surface area contributed by atoms with Crippen molar-refractivity contribution in [1.82, 2.24) is 9.97 Å².